The maximum Gasteiger partial charge on any atom is 0.182 e. The lowest BCUT2D eigenvalue weighted by molar-refractivity contribution is 0.545. The maximum atomic E-state index is 5.22. The highest BCUT2D eigenvalue weighted by atomic mass is 16.3. The number of nitrogens with zero attached hydrogens (tertiary/aromatic N) is 1. The molecule has 1 heterocycles. The molecule has 13 heavy (non-hydrogen) atoms. The molecule has 1 aromatic heterocycles. The fourth-order valence-electron chi connectivity index (χ4n) is 0.958. The summed E-state index contributed by atoms with van der Waals surface area (Å²) in [5.74, 6) is 0.667. The van der Waals surface area contributed by atoms with Crippen molar-refractivity contribution in [2.45, 2.75) is 13.8 Å². The van der Waals surface area contributed by atoms with Gasteiger partial charge in [0, 0.05) is 5.57 Å². The molecule has 0 spiro atoms. The van der Waals surface area contributed by atoms with Gasteiger partial charge in [-0.25, -0.2) is 4.98 Å². The SMILES string of the molecule is C=C(C)C(=C)c1ocnc1C(=C)C. The summed E-state index contributed by atoms with van der Waals surface area (Å²) in [5.41, 5.74) is 3.27. The van der Waals surface area contributed by atoms with Crippen molar-refractivity contribution in [1.29, 1.82) is 0 Å². The molecule has 0 saturated carbocycles. The molecule has 0 atom stereocenters. The van der Waals surface area contributed by atoms with Gasteiger partial charge >= 0.3 is 0 Å². The summed E-state index contributed by atoms with van der Waals surface area (Å²) in [5, 5.41) is 0. The molecule has 2 nitrogen and oxygen atoms in total. The normalized spacial score (nSPS) is 9.69. The molecule has 0 aliphatic rings. The van der Waals surface area contributed by atoms with Gasteiger partial charge in [0.15, 0.2) is 12.2 Å². The third-order valence-corrected chi connectivity index (χ3v) is 1.76. The van der Waals surface area contributed by atoms with Crippen LogP contribution in [0, 0.1) is 0 Å². The van der Waals surface area contributed by atoms with Gasteiger partial charge in [-0.15, -0.1) is 0 Å². The van der Waals surface area contributed by atoms with Crippen molar-refractivity contribution in [2.75, 3.05) is 0 Å². The van der Waals surface area contributed by atoms with Crippen molar-refractivity contribution in [1.82, 2.24) is 4.98 Å². The van der Waals surface area contributed by atoms with Gasteiger partial charge in [0.25, 0.3) is 0 Å². The van der Waals surface area contributed by atoms with Gasteiger partial charge in [0.05, 0.1) is 0 Å². The van der Waals surface area contributed by atoms with Gasteiger partial charge in [-0.05, 0) is 25.0 Å². The van der Waals surface area contributed by atoms with Crippen LogP contribution in [0.1, 0.15) is 25.3 Å². The second kappa shape index (κ2) is 3.44. The predicted octanol–water partition coefficient (Wildman–Crippen LogP) is 3.30. The van der Waals surface area contributed by atoms with Crippen LogP contribution < -0.4 is 0 Å². The van der Waals surface area contributed by atoms with E-state index in [1.54, 1.807) is 0 Å². The van der Waals surface area contributed by atoms with E-state index in [0.29, 0.717) is 5.76 Å². The second-order valence-corrected chi connectivity index (χ2v) is 3.07. The molecule has 0 radical (unpaired) electrons. The van der Waals surface area contributed by atoms with Crippen LogP contribution >= 0.6 is 0 Å². The molecule has 0 aliphatic heterocycles. The predicted molar refractivity (Wildman–Crippen MR) is 55.1 cm³/mol. The minimum Gasteiger partial charge on any atom is -0.443 e. The van der Waals surface area contributed by atoms with Crippen molar-refractivity contribution in [2.24, 2.45) is 0 Å². The van der Waals surface area contributed by atoms with Crippen molar-refractivity contribution in [3.8, 4) is 0 Å². The molecule has 0 fully saturated rings. The van der Waals surface area contributed by atoms with Crippen LogP contribution in [-0.4, -0.2) is 4.98 Å². The van der Waals surface area contributed by atoms with E-state index in [-0.39, 0.29) is 0 Å². The van der Waals surface area contributed by atoms with E-state index in [4.69, 9.17) is 4.42 Å². The van der Waals surface area contributed by atoms with Crippen molar-refractivity contribution < 1.29 is 4.42 Å². The van der Waals surface area contributed by atoms with Crippen molar-refractivity contribution in [3.05, 3.63) is 43.2 Å². The zero-order valence-corrected chi connectivity index (χ0v) is 8.05. The first-order valence-electron chi connectivity index (χ1n) is 3.98. The number of hydrogen-bond acceptors (Lipinski definition) is 2. The Hall–Kier alpha value is -1.57. The van der Waals surface area contributed by atoms with E-state index in [9.17, 15) is 0 Å². The number of oxazole rings is 1. The molecule has 0 aromatic carbocycles. The first-order valence-corrected chi connectivity index (χ1v) is 3.98. The molecule has 1 aromatic rings. The Bertz CT molecular complexity index is 371. The topological polar surface area (TPSA) is 26.0 Å². The van der Waals surface area contributed by atoms with E-state index in [1.807, 2.05) is 13.8 Å². The average Bonchev–Trinajstić information content (AvgIpc) is 2.50. The molecule has 1 rings (SSSR count). The number of hydrogen-bond donors (Lipinski definition) is 0. The summed E-state index contributed by atoms with van der Waals surface area (Å²) in [6.45, 7) is 15.2. The first-order chi connectivity index (χ1) is 6.04. The molecule has 0 aliphatic carbocycles. The van der Waals surface area contributed by atoms with E-state index >= 15 is 0 Å². The lowest BCUT2D eigenvalue weighted by Crippen LogP contribution is -1.87. The fraction of sp³-hybridized carbons (Fsp3) is 0.182. The van der Waals surface area contributed by atoms with Gasteiger partial charge in [-0.1, -0.05) is 19.7 Å². The Morgan fingerprint density at radius 3 is 2.38 bits per heavy atom. The number of aromatic nitrogens is 1. The van der Waals surface area contributed by atoms with E-state index < -0.39 is 0 Å². The molecule has 0 saturated heterocycles. The number of rotatable bonds is 3. The Balaban J connectivity index is 3.15. The summed E-state index contributed by atoms with van der Waals surface area (Å²) >= 11 is 0. The molecule has 0 amide bonds. The summed E-state index contributed by atoms with van der Waals surface area (Å²) < 4.78 is 5.22. The van der Waals surface area contributed by atoms with Gasteiger partial charge in [0.1, 0.15) is 5.69 Å². The summed E-state index contributed by atoms with van der Waals surface area (Å²) in [7, 11) is 0. The Labute approximate surface area is 78.3 Å². The Morgan fingerprint density at radius 1 is 1.31 bits per heavy atom. The third kappa shape index (κ3) is 1.78. The largest absolute Gasteiger partial charge is 0.443 e. The van der Waals surface area contributed by atoms with Gasteiger partial charge in [-0.3, -0.25) is 0 Å². The van der Waals surface area contributed by atoms with Gasteiger partial charge in [0.2, 0.25) is 0 Å². The standard InChI is InChI=1S/C11H13NO/c1-7(2)9(5)11-10(8(3)4)12-6-13-11/h6H,1,3,5H2,2,4H3. The van der Waals surface area contributed by atoms with Crippen LogP contribution in [0.25, 0.3) is 11.1 Å². The molecular weight excluding hydrogens is 162 g/mol. The van der Waals surface area contributed by atoms with Crippen LogP contribution in [0.2, 0.25) is 0 Å². The highest BCUT2D eigenvalue weighted by molar-refractivity contribution is 5.79. The summed E-state index contributed by atoms with van der Waals surface area (Å²) in [6.07, 6.45) is 1.40. The smallest absolute Gasteiger partial charge is 0.182 e. The highest BCUT2D eigenvalue weighted by Gasteiger charge is 2.12. The Morgan fingerprint density at radius 2 is 1.92 bits per heavy atom. The Kier molecular flexibility index (Phi) is 2.52. The van der Waals surface area contributed by atoms with Crippen LogP contribution in [0.5, 0.6) is 0 Å². The van der Waals surface area contributed by atoms with Crippen LogP contribution in [0.15, 0.2) is 36.1 Å². The quantitative estimate of drug-likeness (QED) is 0.659. The third-order valence-electron chi connectivity index (χ3n) is 1.76. The van der Waals surface area contributed by atoms with Crippen LogP contribution in [0.3, 0.4) is 0 Å². The molecular formula is C11H13NO. The maximum absolute atomic E-state index is 5.22. The zero-order valence-electron chi connectivity index (χ0n) is 8.05. The zero-order chi connectivity index (χ0) is 10.0. The minimum atomic E-state index is 0.667. The second-order valence-electron chi connectivity index (χ2n) is 3.07. The molecule has 0 bridgehead atoms. The molecule has 0 unspecified atom stereocenters. The monoisotopic (exact) mass is 175 g/mol. The first kappa shape index (κ1) is 9.52. The van der Waals surface area contributed by atoms with E-state index in [0.717, 1.165) is 22.4 Å². The molecule has 2 heteroatoms. The average molecular weight is 175 g/mol. The van der Waals surface area contributed by atoms with Gasteiger partial charge < -0.3 is 4.42 Å². The summed E-state index contributed by atoms with van der Waals surface area (Å²) in [4.78, 5) is 4.05. The lowest BCUT2D eigenvalue weighted by Gasteiger charge is -2.02. The van der Waals surface area contributed by atoms with Gasteiger partial charge in [-0.2, -0.15) is 0 Å². The molecule has 68 valence electrons. The fourth-order valence-corrected chi connectivity index (χ4v) is 0.958. The van der Waals surface area contributed by atoms with E-state index in [1.165, 1.54) is 6.39 Å². The minimum absolute atomic E-state index is 0.667. The van der Waals surface area contributed by atoms with E-state index in [2.05, 4.69) is 24.7 Å². The van der Waals surface area contributed by atoms with Crippen LogP contribution in [-0.2, 0) is 0 Å². The highest BCUT2D eigenvalue weighted by Crippen LogP contribution is 2.25. The molecule has 0 N–H and O–H groups in total. The van der Waals surface area contributed by atoms with Crippen LogP contribution in [0.4, 0.5) is 0 Å². The van der Waals surface area contributed by atoms with Crippen molar-refractivity contribution >= 4 is 11.1 Å². The van der Waals surface area contributed by atoms with Crippen molar-refractivity contribution in [3.63, 3.8) is 0 Å². The summed E-state index contributed by atoms with van der Waals surface area (Å²) in [6, 6.07) is 0. The lowest BCUT2D eigenvalue weighted by atomic mass is 10.1. The number of allylic oxidation sites excluding steroid dienone is 3.